The van der Waals surface area contributed by atoms with Crippen LogP contribution in [0.1, 0.15) is 19.8 Å². The Bertz CT molecular complexity index is 719. The van der Waals surface area contributed by atoms with Gasteiger partial charge >= 0.3 is 0 Å². The second-order valence-corrected chi connectivity index (χ2v) is 6.46. The Morgan fingerprint density at radius 1 is 1.57 bits per heavy atom. The molecule has 1 aliphatic carbocycles. The van der Waals surface area contributed by atoms with E-state index in [1.165, 1.54) is 11.3 Å². The van der Waals surface area contributed by atoms with Crippen molar-refractivity contribution in [2.75, 3.05) is 5.32 Å². The van der Waals surface area contributed by atoms with Crippen molar-refractivity contribution in [1.82, 2.24) is 4.98 Å². The third kappa shape index (κ3) is 2.23. The lowest BCUT2D eigenvalue weighted by atomic mass is 9.61. The smallest absolute Gasteiger partial charge is 0.238 e. The third-order valence-electron chi connectivity index (χ3n) is 4.02. The van der Waals surface area contributed by atoms with Crippen LogP contribution in [0.3, 0.4) is 0 Å². The number of oxime groups is 1. The maximum atomic E-state index is 12.5. The number of hydrogen-bond acceptors (Lipinski definition) is 5. The molecular weight excluding hydrogens is 288 g/mol. The average molecular weight is 304 g/mol. The highest BCUT2D eigenvalue weighted by Gasteiger charge is 2.52. The van der Waals surface area contributed by atoms with E-state index in [2.05, 4.69) is 15.5 Å². The first-order chi connectivity index (χ1) is 10.0. The molecule has 1 aromatic carbocycles. The number of nitrogens with two attached hydrogens (primary N) is 1. The number of benzene rings is 1. The number of anilines is 1. The number of hydrogen-bond donors (Lipinski definition) is 3. The van der Waals surface area contributed by atoms with E-state index in [1.54, 1.807) is 5.51 Å². The molecular formula is C14H16N4O2S. The first kappa shape index (κ1) is 13.8. The van der Waals surface area contributed by atoms with Crippen LogP contribution in [0.4, 0.5) is 5.69 Å². The van der Waals surface area contributed by atoms with Crippen molar-refractivity contribution in [3.05, 3.63) is 23.7 Å². The SMILES string of the molecule is CC1CC(C(=O)Nc2ccc3ncsc3c2)(/C(N)=N/O)C1. The Morgan fingerprint density at radius 2 is 2.33 bits per heavy atom. The minimum absolute atomic E-state index is 0.0167. The molecule has 1 heterocycles. The molecule has 1 aliphatic rings. The van der Waals surface area contributed by atoms with E-state index >= 15 is 0 Å². The fourth-order valence-corrected chi connectivity index (χ4v) is 3.64. The van der Waals surface area contributed by atoms with Crippen molar-refractivity contribution >= 4 is 39.0 Å². The first-order valence-corrected chi connectivity index (χ1v) is 7.56. The molecule has 1 amide bonds. The summed E-state index contributed by atoms with van der Waals surface area (Å²) in [5, 5.41) is 14.8. The van der Waals surface area contributed by atoms with Crippen LogP contribution in [0.5, 0.6) is 0 Å². The zero-order chi connectivity index (χ0) is 15.0. The van der Waals surface area contributed by atoms with Crippen molar-refractivity contribution in [3.8, 4) is 0 Å². The van der Waals surface area contributed by atoms with Crippen molar-refractivity contribution in [2.45, 2.75) is 19.8 Å². The van der Waals surface area contributed by atoms with Crippen LogP contribution in [-0.4, -0.2) is 21.9 Å². The van der Waals surface area contributed by atoms with Gasteiger partial charge in [0.2, 0.25) is 5.91 Å². The Balaban J connectivity index is 1.84. The van der Waals surface area contributed by atoms with Crippen molar-refractivity contribution in [1.29, 1.82) is 0 Å². The van der Waals surface area contributed by atoms with E-state index in [4.69, 9.17) is 10.9 Å². The quantitative estimate of drug-likeness (QED) is 0.351. The van der Waals surface area contributed by atoms with E-state index in [0.29, 0.717) is 24.4 Å². The Hall–Kier alpha value is -2.15. The summed E-state index contributed by atoms with van der Waals surface area (Å²) < 4.78 is 1.01. The fraction of sp³-hybridized carbons (Fsp3) is 0.357. The first-order valence-electron chi connectivity index (χ1n) is 6.68. The molecule has 0 unspecified atom stereocenters. The largest absolute Gasteiger partial charge is 0.409 e. The molecule has 0 bridgehead atoms. The maximum absolute atomic E-state index is 12.5. The molecule has 0 atom stereocenters. The van der Waals surface area contributed by atoms with Gasteiger partial charge in [0.05, 0.1) is 15.7 Å². The molecule has 4 N–H and O–H groups in total. The lowest BCUT2D eigenvalue weighted by Gasteiger charge is -2.43. The summed E-state index contributed by atoms with van der Waals surface area (Å²) in [6, 6.07) is 5.55. The van der Waals surface area contributed by atoms with Crippen molar-refractivity contribution < 1.29 is 10.0 Å². The molecule has 2 aromatic rings. The molecule has 3 rings (SSSR count). The van der Waals surface area contributed by atoms with Crippen molar-refractivity contribution in [3.63, 3.8) is 0 Å². The van der Waals surface area contributed by atoms with E-state index in [-0.39, 0.29) is 11.7 Å². The molecule has 0 aliphatic heterocycles. The Kier molecular flexibility index (Phi) is 3.29. The number of carbonyl (C=O) groups is 1. The number of thiazole rings is 1. The summed E-state index contributed by atoms with van der Waals surface area (Å²) in [6.07, 6.45) is 1.19. The fourth-order valence-electron chi connectivity index (χ4n) is 2.92. The zero-order valence-electron chi connectivity index (χ0n) is 11.5. The molecule has 1 fully saturated rings. The number of fused-ring (bicyclic) bond motifs is 1. The minimum atomic E-state index is -0.892. The maximum Gasteiger partial charge on any atom is 0.238 e. The van der Waals surface area contributed by atoms with Crippen LogP contribution in [0.25, 0.3) is 10.2 Å². The molecule has 0 saturated heterocycles. The van der Waals surface area contributed by atoms with Gasteiger partial charge in [0.1, 0.15) is 5.41 Å². The van der Waals surface area contributed by atoms with E-state index in [0.717, 1.165) is 10.2 Å². The van der Waals surface area contributed by atoms with Crippen LogP contribution in [0.15, 0.2) is 28.9 Å². The molecule has 0 radical (unpaired) electrons. The van der Waals surface area contributed by atoms with Gasteiger partial charge in [0, 0.05) is 5.69 Å². The number of aromatic nitrogens is 1. The molecule has 7 heteroatoms. The summed E-state index contributed by atoms with van der Waals surface area (Å²) in [7, 11) is 0. The molecule has 110 valence electrons. The Morgan fingerprint density at radius 3 is 3.00 bits per heavy atom. The molecule has 6 nitrogen and oxygen atoms in total. The van der Waals surface area contributed by atoms with Gasteiger partial charge in [0.15, 0.2) is 5.84 Å². The highest BCUT2D eigenvalue weighted by atomic mass is 32.1. The summed E-state index contributed by atoms with van der Waals surface area (Å²) in [5.41, 5.74) is 8.21. The van der Waals surface area contributed by atoms with Gasteiger partial charge in [0.25, 0.3) is 0 Å². The average Bonchev–Trinajstić information content (AvgIpc) is 2.90. The van der Waals surface area contributed by atoms with Gasteiger partial charge in [-0.3, -0.25) is 4.79 Å². The van der Waals surface area contributed by atoms with E-state index < -0.39 is 5.41 Å². The number of amides is 1. The monoisotopic (exact) mass is 304 g/mol. The third-order valence-corrected chi connectivity index (χ3v) is 4.81. The molecule has 0 spiro atoms. The number of amidine groups is 1. The second kappa shape index (κ2) is 5.00. The Labute approximate surface area is 125 Å². The predicted octanol–water partition coefficient (Wildman–Crippen LogP) is 2.40. The van der Waals surface area contributed by atoms with E-state index in [1.807, 2.05) is 25.1 Å². The standard InChI is InChI=1S/C14H16N4O2S/c1-8-5-14(6-8,12(15)18-20)13(19)17-9-2-3-10-11(4-9)21-7-16-10/h2-4,7-8,20H,5-6H2,1H3,(H2,15,18)(H,17,19). The summed E-state index contributed by atoms with van der Waals surface area (Å²) in [4.78, 5) is 16.7. The lowest BCUT2D eigenvalue weighted by Crippen LogP contribution is -2.54. The van der Waals surface area contributed by atoms with Gasteiger partial charge in [-0.25, -0.2) is 4.98 Å². The van der Waals surface area contributed by atoms with Gasteiger partial charge < -0.3 is 16.3 Å². The summed E-state index contributed by atoms with van der Waals surface area (Å²) >= 11 is 1.52. The number of rotatable bonds is 3. The molecule has 1 aromatic heterocycles. The van der Waals surface area contributed by atoms with Gasteiger partial charge in [-0.15, -0.1) is 11.3 Å². The van der Waals surface area contributed by atoms with Crippen LogP contribution in [-0.2, 0) is 4.79 Å². The van der Waals surface area contributed by atoms with Gasteiger partial charge in [-0.1, -0.05) is 12.1 Å². The summed E-state index contributed by atoms with van der Waals surface area (Å²) in [5.74, 6) is 0.150. The van der Waals surface area contributed by atoms with Crippen LogP contribution >= 0.6 is 11.3 Å². The van der Waals surface area contributed by atoms with Gasteiger partial charge in [-0.2, -0.15) is 0 Å². The summed E-state index contributed by atoms with van der Waals surface area (Å²) in [6.45, 7) is 2.04. The van der Waals surface area contributed by atoms with Crippen LogP contribution in [0.2, 0.25) is 0 Å². The minimum Gasteiger partial charge on any atom is -0.409 e. The predicted molar refractivity (Wildman–Crippen MR) is 82.5 cm³/mol. The van der Waals surface area contributed by atoms with Gasteiger partial charge in [-0.05, 0) is 37.0 Å². The van der Waals surface area contributed by atoms with E-state index in [9.17, 15) is 4.79 Å². The zero-order valence-corrected chi connectivity index (χ0v) is 12.4. The van der Waals surface area contributed by atoms with Crippen LogP contribution in [0, 0.1) is 11.3 Å². The van der Waals surface area contributed by atoms with Crippen molar-refractivity contribution in [2.24, 2.45) is 22.2 Å². The second-order valence-electron chi connectivity index (χ2n) is 5.57. The number of nitrogens with zero attached hydrogens (tertiary/aromatic N) is 2. The topological polar surface area (TPSA) is 101 Å². The van der Waals surface area contributed by atoms with Crippen LogP contribution < -0.4 is 11.1 Å². The number of carbonyl (C=O) groups excluding carboxylic acids is 1. The lowest BCUT2D eigenvalue weighted by molar-refractivity contribution is -0.127. The molecule has 1 saturated carbocycles. The molecule has 21 heavy (non-hydrogen) atoms. The highest BCUT2D eigenvalue weighted by molar-refractivity contribution is 7.16. The normalized spacial score (nSPS) is 25.6. The number of nitrogens with one attached hydrogen (secondary N) is 1. The highest BCUT2D eigenvalue weighted by Crippen LogP contribution is 2.46.